The molecule has 0 aliphatic carbocycles. The monoisotopic (exact) mass is 436 g/mol. The molecule has 0 fully saturated rings. The minimum Gasteiger partial charge on any atom is -0.508 e. The number of nitrogens with one attached hydrogen (secondary N) is 1. The van der Waals surface area contributed by atoms with Crippen molar-refractivity contribution in [3.05, 3.63) is 71.5 Å². The minimum absolute atomic E-state index is 0.0183. The van der Waals surface area contributed by atoms with Crippen molar-refractivity contribution >= 4 is 29.7 Å². The first-order chi connectivity index (χ1) is 15.1. The molecule has 0 atom stereocenters. The van der Waals surface area contributed by atoms with E-state index in [4.69, 9.17) is 5.73 Å². The summed E-state index contributed by atoms with van der Waals surface area (Å²) in [4.78, 5) is 13.7. The molecule has 0 bridgehead atoms. The van der Waals surface area contributed by atoms with Crippen molar-refractivity contribution in [2.24, 2.45) is 5.10 Å². The molecular weight excluding hydrogens is 420 g/mol. The van der Waals surface area contributed by atoms with Gasteiger partial charge in [-0.25, -0.2) is 10.1 Å². The van der Waals surface area contributed by atoms with Gasteiger partial charge in [0, 0.05) is 10.6 Å². The van der Waals surface area contributed by atoms with Gasteiger partial charge in [0.2, 0.25) is 11.6 Å². The highest BCUT2D eigenvalue weighted by atomic mass is 32.2. The largest absolute Gasteiger partial charge is 0.508 e. The van der Waals surface area contributed by atoms with Gasteiger partial charge in [-0.15, -0.1) is 16.9 Å². The Morgan fingerprint density at radius 2 is 2.06 bits per heavy atom. The summed E-state index contributed by atoms with van der Waals surface area (Å²) >= 11 is 1.48. The molecule has 0 radical (unpaired) electrons. The summed E-state index contributed by atoms with van der Waals surface area (Å²) in [5, 5.41) is 28.7. The van der Waals surface area contributed by atoms with Gasteiger partial charge in [-0.1, -0.05) is 35.5 Å². The summed E-state index contributed by atoms with van der Waals surface area (Å²) in [5.41, 5.74) is 9.31. The summed E-state index contributed by atoms with van der Waals surface area (Å²) in [5.74, 6) is 0.0318. The van der Waals surface area contributed by atoms with E-state index in [1.165, 1.54) is 34.8 Å². The summed E-state index contributed by atoms with van der Waals surface area (Å²) in [7, 11) is 0. The number of thioether (sulfide) groups is 1. The van der Waals surface area contributed by atoms with E-state index >= 15 is 0 Å². The molecule has 4 aromatic rings. The van der Waals surface area contributed by atoms with E-state index in [0.717, 1.165) is 4.90 Å². The molecule has 1 amide bonds. The molecule has 31 heavy (non-hydrogen) atoms. The number of nitrogens with zero attached hydrogens (tertiary/aromatic N) is 6. The van der Waals surface area contributed by atoms with Crippen molar-refractivity contribution < 1.29 is 14.5 Å². The van der Waals surface area contributed by atoms with Crippen molar-refractivity contribution in [3.8, 4) is 11.6 Å². The fourth-order valence-corrected chi connectivity index (χ4v) is 3.52. The van der Waals surface area contributed by atoms with E-state index < -0.39 is 5.91 Å². The van der Waals surface area contributed by atoms with Gasteiger partial charge in [-0.3, -0.25) is 4.79 Å². The van der Waals surface area contributed by atoms with Crippen LogP contribution >= 0.6 is 11.8 Å². The van der Waals surface area contributed by atoms with Crippen molar-refractivity contribution in [1.29, 1.82) is 0 Å². The number of aromatic nitrogens is 5. The number of nitrogens with two attached hydrogens (primary N) is 1. The molecule has 0 unspecified atom stereocenters. The zero-order valence-electron chi connectivity index (χ0n) is 15.9. The van der Waals surface area contributed by atoms with Gasteiger partial charge < -0.3 is 10.8 Å². The van der Waals surface area contributed by atoms with E-state index in [1.807, 2.05) is 30.3 Å². The van der Waals surface area contributed by atoms with E-state index in [-0.39, 0.29) is 23.1 Å². The first-order valence-corrected chi connectivity index (χ1v) is 9.93. The maximum Gasteiger partial charge on any atom is 0.293 e. The number of carbonyl (C=O) groups is 1. The third-order valence-corrected chi connectivity index (χ3v) is 5.07. The summed E-state index contributed by atoms with van der Waals surface area (Å²) in [6, 6.07) is 16.1. The Balaban J connectivity index is 1.58. The third kappa shape index (κ3) is 4.70. The van der Waals surface area contributed by atoms with Crippen LogP contribution in [0, 0.1) is 0 Å². The second-order valence-electron chi connectivity index (χ2n) is 6.17. The average molecular weight is 436 g/mol. The molecule has 0 saturated carbocycles. The lowest BCUT2D eigenvalue weighted by Gasteiger charge is -2.05. The van der Waals surface area contributed by atoms with Crippen LogP contribution in [0.4, 0.5) is 5.82 Å². The predicted octanol–water partition coefficient (Wildman–Crippen LogP) is 1.99. The minimum atomic E-state index is -0.568. The lowest BCUT2D eigenvalue weighted by molar-refractivity contribution is 0.0949. The number of nitrogen functional groups attached to an aromatic ring is 1. The molecule has 0 aliphatic heterocycles. The third-order valence-electron chi connectivity index (χ3n) is 4.04. The Kier molecular flexibility index (Phi) is 5.89. The molecule has 12 heteroatoms. The van der Waals surface area contributed by atoms with Crippen LogP contribution in [-0.2, 0) is 5.75 Å². The Bertz CT molecular complexity index is 1220. The van der Waals surface area contributed by atoms with Crippen LogP contribution < -0.4 is 11.2 Å². The van der Waals surface area contributed by atoms with Crippen molar-refractivity contribution in [3.63, 3.8) is 0 Å². The number of amides is 1. The lowest BCUT2D eigenvalue weighted by Crippen LogP contribution is -2.20. The Morgan fingerprint density at radius 1 is 1.23 bits per heavy atom. The van der Waals surface area contributed by atoms with Gasteiger partial charge in [0.05, 0.1) is 11.9 Å². The standard InChI is InChI=1S/C19H16N8O3S/c20-17-18(25-30-24-17)27-15(11-31-14-7-2-1-3-8-14)16(22-26-27)19(29)23-21-10-12-5-4-6-13(28)9-12/h1-10,28H,11H2,(H2,20,24)(H,23,29). The Morgan fingerprint density at radius 3 is 2.81 bits per heavy atom. The Labute approximate surface area is 179 Å². The molecule has 0 aliphatic rings. The molecule has 156 valence electrons. The number of hydrogen-bond donors (Lipinski definition) is 3. The number of carbonyl (C=O) groups excluding carboxylic acids is 1. The van der Waals surface area contributed by atoms with Gasteiger partial charge in [0.15, 0.2) is 5.69 Å². The van der Waals surface area contributed by atoms with E-state index in [9.17, 15) is 9.90 Å². The second kappa shape index (κ2) is 9.09. The van der Waals surface area contributed by atoms with E-state index in [0.29, 0.717) is 17.0 Å². The fraction of sp³-hybridized carbons (Fsp3) is 0.0526. The van der Waals surface area contributed by atoms with Crippen LogP contribution in [0.15, 0.2) is 69.2 Å². The second-order valence-corrected chi connectivity index (χ2v) is 7.21. The highest BCUT2D eigenvalue weighted by Gasteiger charge is 2.24. The number of phenols is 1. The number of rotatable bonds is 7. The molecule has 4 N–H and O–H groups in total. The molecule has 0 spiro atoms. The topological polar surface area (TPSA) is 157 Å². The maximum absolute atomic E-state index is 12.7. The Hall–Kier alpha value is -4.19. The van der Waals surface area contributed by atoms with E-state index in [1.54, 1.807) is 12.1 Å². The molecule has 11 nitrogen and oxygen atoms in total. The van der Waals surface area contributed by atoms with Crippen LogP contribution in [-0.4, -0.2) is 42.5 Å². The van der Waals surface area contributed by atoms with E-state index in [2.05, 4.69) is 35.8 Å². The van der Waals surface area contributed by atoms with Crippen LogP contribution in [0.1, 0.15) is 21.7 Å². The quantitative estimate of drug-likeness (QED) is 0.224. The number of phenolic OH excluding ortho intramolecular Hbond substituents is 1. The number of anilines is 1. The fourth-order valence-electron chi connectivity index (χ4n) is 2.61. The molecule has 4 rings (SSSR count). The highest BCUT2D eigenvalue weighted by molar-refractivity contribution is 7.98. The normalized spacial score (nSPS) is 11.1. The van der Waals surface area contributed by atoms with Crippen LogP contribution in [0.25, 0.3) is 5.82 Å². The zero-order valence-corrected chi connectivity index (χ0v) is 16.7. The number of hydrazone groups is 1. The van der Waals surface area contributed by atoms with Gasteiger partial charge in [0.1, 0.15) is 5.75 Å². The number of hydrogen-bond acceptors (Lipinski definition) is 10. The highest BCUT2D eigenvalue weighted by Crippen LogP contribution is 2.25. The van der Waals surface area contributed by atoms with Crippen LogP contribution in [0.3, 0.4) is 0 Å². The lowest BCUT2D eigenvalue weighted by atomic mass is 10.2. The molecule has 2 aromatic heterocycles. The van der Waals surface area contributed by atoms with Gasteiger partial charge in [-0.2, -0.15) is 9.78 Å². The zero-order chi connectivity index (χ0) is 21.6. The van der Waals surface area contributed by atoms with Crippen LogP contribution in [0.5, 0.6) is 5.75 Å². The molecule has 2 aromatic carbocycles. The van der Waals surface area contributed by atoms with Crippen molar-refractivity contribution in [1.82, 2.24) is 30.7 Å². The first kappa shape index (κ1) is 20.1. The van der Waals surface area contributed by atoms with Gasteiger partial charge in [-0.05, 0) is 40.1 Å². The SMILES string of the molecule is Nc1nonc1-n1nnc(C(=O)NN=Cc2cccc(O)c2)c1CSc1ccccc1. The molecule has 0 saturated heterocycles. The average Bonchev–Trinajstić information content (AvgIpc) is 3.38. The van der Waals surface area contributed by atoms with Crippen molar-refractivity contribution in [2.45, 2.75) is 10.6 Å². The number of benzene rings is 2. The first-order valence-electron chi connectivity index (χ1n) is 8.95. The number of aromatic hydroxyl groups is 1. The predicted molar refractivity (Wildman–Crippen MR) is 113 cm³/mol. The maximum atomic E-state index is 12.7. The van der Waals surface area contributed by atoms with Gasteiger partial charge >= 0.3 is 0 Å². The van der Waals surface area contributed by atoms with Gasteiger partial charge in [0.25, 0.3) is 5.91 Å². The summed E-state index contributed by atoms with van der Waals surface area (Å²) < 4.78 is 5.96. The van der Waals surface area contributed by atoms with Crippen LogP contribution in [0.2, 0.25) is 0 Å². The summed E-state index contributed by atoms with van der Waals surface area (Å²) in [6.07, 6.45) is 1.40. The van der Waals surface area contributed by atoms with Crippen molar-refractivity contribution in [2.75, 3.05) is 5.73 Å². The smallest absolute Gasteiger partial charge is 0.293 e. The molecule has 2 heterocycles. The summed E-state index contributed by atoms with van der Waals surface area (Å²) in [6.45, 7) is 0. The molecular formula is C19H16N8O3S.